The Labute approximate surface area is 136 Å². The average molecular weight is 356 g/mol. The lowest BCUT2D eigenvalue weighted by Crippen LogP contribution is -2.35. The van der Waals surface area contributed by atoms with Crippen LogP contribution in [-0.2, 0) is 10.0 Å². The van der Waals surface area contributed by atoms with E-state index in [0.29, 0.717) is 0 Å². The van der Waals surface area contributed by atoms with Crippen LogP contribution in [0.4, 0.5) is 10.6 Å². The molecule has 0 fully saturated rings. The Morgan fingerprint density at radius 3 is 2.57 bits per heavy atom. The van der Waals surface area contributed by atoms with Crippen molar-refractivity contribution in [1.29, 1.82) is 0 Å². The SMILES string of the molecule is O=C(Nc1ncccc1C(=O)O)NS(=O)(=O)c1cccc(Cl)c1. The molecule has 10 heteroatoms. The molecule has 1 heterocycles. The number of carboxylic acid groups (broad SMARTS) is 1. The molecule has 120 valence electrons. The van der Waals surface area contributed by atoms with E-state index < -0.39 is 22.0 Å². The van der Waals surface area contributed by atoms with Crippen LogP contribution in [-0.4, -0.2) is 30.5 Å². The number of anilines is 1. The standard InChI is InChI=1S/C13H10ClN3O5S/c14-8-3-1-4-9(7-8)23(21,22)17-13(20)16-11-10(12(18)19)5-2-6-15-11/h1-7H,(H,18,19)(H2,15,16,17,20). The molecule has 0 aliphatic rings. The summed E-state index contributed by atoms with van der Waals surface area (Å²) in [7, 11) is -4.16. The summed E-state index contributed by atoms with van der Waals surface area (Å²) < 4.78 is 25.8. The Kier molecular flexibility index (Phi) is 4.82. The molecular formula is C13H10ClN3O5S. The van der Waals surface area contributed by atoms with Gasteiger partial charge in [0.1, 0.15) is 11.4 Å². The number of carbonyl (C=O) groups excluding carboxylic acids is 1. The maximum absolute atomic E-state index is 12.0. The van der Waals surface area contributed by atoms with Crippen LogP contribution in [0.3, 0.4) is 0 Å². The van der Waals surface area contributed by atoms with Crippen LogP contribution in [0.15, 0.2) is 47.5 Å². The van der Waals surface area contributed by atoms with Crippen LogP contribution in [0.2, 0.25) is 5.02 Å². The fraction of sp³-hybridized carbons (Fsp3) is 0. The summed E-state index contributed by atoms with van der Waals surface area (Å²) in [6, 6.07) is 6.76. The molecule has 0 spiro atoms. The molecule has 0 aliphatic heterocycles. The Bertz CT molecular complexity index is 869. The van der Waals surface area contributed by atoms with Gasteiger partial charge in [0.25, 0.3) is 10.0 Å². The summed E-state index contributed by atoms with van der Waals surface area (Å²) in [6.07, 6.45) is 1.26. The summed E-state index contributed by atoms with van der Waals surface area (Å²) in [5, 5.41) is 11.2. The maximum atomic E-state index is 12.0. The van der Waals surface area contributed by atoms with E-state index in [-0.39, 0.29) is 21.3 Å². The van der Waals surface area contributed by atoms with E-state index in [2.05, 4.69) is 10.3 Å². The number of nitrogens with one attached hydrogen (secondary N) is 2. The summed E-state index contributed by atoms with van der Waals surface area (Å²) in [5.74, 6) is -1.59. The number of benzene rings is 1. The predicted molar refractivity (Wildman–Crippen MR) is 82.0 cm³/mol. The van der Waals surface area contributed by atoms with Crippen molar-refractivity contribution in [3.8, 4) is 0 Å². The summed E-state index contributed by atoms with van der Waals surface area (Å²) in [5.41, 5.74) is -0.275. The van der Waals surface area contributed by atoms with Crippen molar-refractivity contribution in [2.75, 3.05) is 5.32 Å². The van der Waals surface area contributed by atoms with Crippen molar-refractivity contribution in [2.45, 2.75) is 4.90 Å². The number of aromatic nitrogens is 1. The van der Waals surface area contributed by atoms with Gasteiger partial charge in [0.15, 0.2) is 0 Å². The van der Waals surface area contributed by atoms with E-state index in [4.69, 9.17) is 16.7 Å². The molecule has 0 bridgehead atoms. The second kappa shape index (κ2) is 6.63. The van der Waals surface area contributed by atoms with Gasteiger partial charge in [-0.1, -0.05) is 17.7 Å². The lowest BCUT2D eigenvalue weighted by Gasteiger charge is -2.09. The molecule has 23 heavy (non-hydrogen) atoms. The minimum Gasteiger partial charge on any atom is -0.478 e. The van der Waals surface area contributed by atoms with E-state index in [1.807, 2.05) is 0 Å². The first-order valence-electron chi connectivity index (χ1n) is 6.07. The van der Waals surface area contributed by atoms with Crippen LogP contribution in [0.25, 0.3) is 0 Å². The molecule has 2 rings (SSSR count). The molecule has 0 atom stereocenters. The lowest BCUT2D eigenvalue weighted by atomic mass is 10.2. The van der Waals surface area contributed by atoms with Gasteiger partial charge in [-0.05, 0) is 30.3 Å². The van der Waals surface area contributed by atoms with Gasteiger partial charge in [0, 0.05) is 11.2 Å². The van der Waals surface area contributed by atoms with Crippen LogP contribution >= 0.6 is 11.6 Å². The molecule has 1 aromatic carbocycles. The van der Waals surface area contributed by atoms with Gasteiger partial charge in [0.05, 0.1) is 4.90 Å². The molecule has 0 unspecified atom stereocenters. The Morgan fingerprint density at radius 1 is 1.17 bits per heavy atom. The molecule has 8 nitrogen and oxygen atoms in total. The highest BCUT2D eigenvalue weighted by Crippen LogP contribution is 2.16. The van der Waals surface area contributed by atoms with Gasteiger partial charge in [0.2, 0.25) is 0 Å². The number of aromatic carboxylic acids is 1. The molecule has 2 amide bonds. The van der Waals surface area contributed by atoms with Gasteiger partial charge < -0.3 is 5.11 Å². The zero-order valence-corrected chi connectivity index (χ0v) is 12.9. The second-order valence-corrected chi connectivity index (χ2v) is 6.34. The zero-order chi connectivity index (χ0) is 17.0. The van der Waals surface area contributed by atoms with E-state index in [1.165, 1.54) is 42.6 Å². The molecule has 0 radical (unpaired) electrons. The van der Waals surface area contributed by atoms with E-state index in [9.17, 15) is 18.0 Å². The summed E-state index contributed by atoms with van der Waals surface area (Å²) >= 11 is 5.70. The monoisotopic (exact) mass is 355 g/mol. The molecule has 0 saturated carbocycles. The van der Waals surface area contributed by atoms with Gasteiger partial charge in [-0.15, -0.1) is 0 Å². The molecule has 3 N–H and O–H groups in total. The average Bonchev–Trinajstić information content (AvgIpc) is 2.47. The van der Waals surface area contributed by atoms with Crippen LogP contribution in [0.1, 0.15) is 10.4 Å². The normalized spacial score (nSPS) is 10.8. The van der Waals surface area contributed by atoms with Crippen molar-refractivity contribution in [3.05, 3.63) is 53.2 Å². The maximum Gasteiger partial charge on any atom is 0.339 e. The summed E-state index contributed by atoms with van der Waals surface area (Å²) in [4.78, 5) is 26.3. The second-order valence-electron chi connectivity index (χ2n) is 4.22. The number of amides is 2. The molecule has 0 aliphatic carbocycles. The number of urea groups is 1. The van der Waals surface area contributed by atoms with Gasteiger partial charge in [-0.2, -0.15) is 0 Å². The number of hydrogen-bond donors (Lipinski definition) is 3. The highest BCUT2D eigenvalue weighted by Gasteiger charge is 2.20. The van der Waals surface area contributed by atoms with E-state index in [0.717, 1.165) is 0 Å². The van der Waals surface area contributed by atoms with Crippen LogP contribution < -0.4 is 10.0 Å². The fourth-order valence-electron chi connectivity index (χ4n) is 1.63. The van der Waals surface area contributed by atoms with E-state index in [1.54, 1.807) is 4.72 Å². The number of nitrogens with zero attached hydrogens (tertiary/aromatic N) is 1. The molecule has 0 saturated heterocycles. The molecular weight excluding hydrogens is 346 g/mol. The highest BCUT2D eigenvalue weighted by atomic mass is 35.5. The third-order valence-electron chi connectivity index (χ3n) is 2.60. The number of pyridine rings is 1. The lowest BCUT2D eigenvalue weighted by molar-refractivity contribution is 0.0697. The number of hydrogen-bond acceptors (Lipinski definition) is 5. The van der Waals surface area contributed by atoms with Crippen LogP contribution in [0.5, 0.6) is 0 Å². The number of carboxylic acids is 1. The molecule has 2 aromatic rings. The van der Waals surface area contributed by atoms with Crippen LogP contribution in [0, 0.1) is 0 Å². The van der Waals surface area contributed by atoms with Gasteiger partial charge in [-0.25, -0.2) is 27.7 Å². The Morgan fingerprint density at radius 2 is 1.91 bits per heavy atom. The number of halogens is 1. The van der Waals surface area contributed by atoms with Crippen molar-refractivity contribution >= 4 is 39.4 Å². The van der Waals surface area contributed by atoms with Crippen molar-refractivity contribution in [3.63, 3.8) is 0 Å². The number of rotatable bonds is 4. The van der Waals surface area contributed by atoms with Gasteiger partial charge >= 0.3 is 12.0 Å². The first kappa shape index (κ1) is 16.7. The first-order chi connectivity index (χ1) is 10.8. The smallest absolute Gasteiger partial charge is 0.339 e. The highest BCUT2D eigenvalue weighted by molar-refractivity contribution is 7.90. The summed E-state index contributed by atoms with van der Waals surface area (Å²) in [6.45, 7) is 0. The Balaban J connectivity index is 2.18. The number of carbonyl (C=O) groups is 2. The van der Waals surface area contributed by atoms with E-state index >= 15 is 0 Å². The minimum absolute atomic E-state index is 0.186. The first-order valence-corrected chi connectivity index (χ1v) is 7.93. The molecule has 1 aromatic heterocycles. The Hall–Kier alpha value is -2.65. The third kappa shape index (κ3) is 4.18. The minimum atomic E-state index is -4.16. The third-order valence-corrected chi connectivity index (χ3v) is 4.17. The largest absolute Gasteiger partial charge is 0.478 e. The van der Waals surface area contributed by atoms with Gasteiger partial charge in [-0.3, -0.25) is 5.32 Å². The van der Waals surface area contributed by atoms with Crippen molar-refractivity contribution in [2.24, 2.45) is 0 Å². The quantitative estimate of drug-likeness (QED) is 0.769. The zero-order valence-electron chi connectivity index (χ0n) is 11.4. The number of sulfonamides is 1. The predicted octanol–water partition coefficient (Wildman–Crippen LogP) is 1.94. The fourth-order valence-corrected chi connectivity index (χ4v) is 2.83. The topological polar surface area (TPSA) is 125 Å². The van der Waals surface area contributed by atoms with Crippen molar-refractivity contribution < 1.29 is 23.1 Å². The van der Waals surface area contributed by atoms with Crippen molar-refractivity contribution in [1.82, 2.24) is 9.71 Å².